The molecule has 30 heavy (non-hydrogen) atoms. The van der Waals surface area contributed by atoms with E-state index >= 15 is 0 Å². The van der Waals surface area contributed by atoms with E-state index in [1.165, 1.54) is 0 Å². The number of nitrogens with zero attached hydrogens (tertiary/aromatic N) is 4. The van der Waals surface area contributed by atoms with Gasteiger partial charge in [-0.1, -0.05) is 42.5 Å². The first-order valence-electron chi connectivity index (χ1n) is 10.5. The van der Waals surface area contributed by atoms with Crippen molar-refractivity contribution in [3.05, 3.63) is 71.8 Å². The van der Waals surface area contributed by atoms with E-state index in [1.807, 2.05) is 70.2 Å². The van der Waals surface area contributed by atoms with E-state index in [1.54, 1.807) is 4.90 Å². The van der Waals surface area contributed by atoms with Gasteiger partial charge in [-0.15, -0.1) is 0 Å². The van der Waals surface area contributed by atoms with Gasteiger partial charge in [0, 0.05) is 36.7 Å². The molecule has 2 aliphatic rings. The van der Waals surface area contributed by atoms with Crippen molar-refractivity contribution in [2.24, 2.45) is 0 Å². The van der Waals surface area contributed by atoms with Crippen molar-refractivity contribution in [2.75, 3.05) is 18.0 Å². The molecule has 0 spiro atoms. The van der Waals surface area contributed by atoms with Gasteiger partial charge in [0.1, 0.15) is 5.82 Å². The van der Waals surface area contributed by atoms with Crippen molar-refractivity contribution in [1.29, 1.82) is 0 Å². The minimum atomic E-state index is 0.0960. The molecule has 2 amide bonds. The summed E-state index contributed by atoms with van der Waals surface area (Å²) in [6.45, 7) is 2.75. The predicted octanol–water partition coefficient (Wildman–Crippen LogP) is 3.72. The molecule has 2 aromatic carbocycles. The molecule has 6 heteroatoms. The number of carbonyl (C=O) groups is 2. The van der Waals surface area contributed by atoms with E-state index < -0.39 is 0 Å². The van der Waals surface area contributed by atoms with Crippen molar-refractivity contribution in [3.63, 3.8) is 0 Å². The largest absolute Gasteiger partial charge is 0.339 e. The number of rotatable bonds is 4. The zero-order chi connectivity index (χ0) is 20.5. The number of aryl methyl sites for hydroxylation is 1. The third-order valence-corrected chi connectivity index (χ3v) is 5.88. The van der Waals surface area contributed by atoms with Crippen LogP contribution in [0.25, 0.3) is 11.3 Å². The van der Waals surface area contributed by atoms with Gasteiger partial charge in [-0.05, 0) is 30.5 Å². The highest BCUT2D eigenvalue weighted by Crippen LogP contribution is 2.29. The number of amides is 2. The number of likely N-dealkylation sites (tertiary alicyclic amines) is 1. The van der Waals surface area contributed by atoms with E-state index in [-0.39, 0.29) is 11.8 Å². The Labute approximate surface area is 175 Å². The van der Waals surface area contributed by atoms with Crippen LogP contribution in [0.4, 0.5) is 5.82 Å². The van der Waals surface area contributed by atoms with Crippen LogP contribution < -0.4 is 4.90 Å². The Bertz CT molecular complexity index is 1070. The van der Waals surface area contributed by atoms with Crippen molar-refractivity contribution in [2.45, 2.75) is 32.4 Å². The summed E-state index contributed by atoms with van der Waals surface area (Å²) < 4.78 is 1.91. The van der Waals surface area contributed by atoms with Crippen LogP contribution in [0.3, 0.4) is 0 Å². The van der Waals surface area contributed by atoms with Crippen molar-refractivity contribution >= 4 is 17.6 Å². The quantitative estimate of drug-likeness (QED) is 0.671. The minimum Gasteiger partial charge on any atom is -0.339 e. The first kappa shape index (κ1) is 18.6. The molecule has 0 N–H and O–H groups in total. The predicted molar refractivity (Wildman–Crippen MR) is 115 cm³/mol. The Morgan fingerprint density at radius 1 is 0.933 bits per heavy atom. The van der Waals surface area contributed by atoms with Gasteiger partial charge >= 0.3 is 0 Å². The zero-order valence-corrected chi connectivity index (χ0v) is 16.8. The van der Waals surface area contributed by atoms with E-state index in [2.05, 4.69) is 0 Å². The maximum Gasteiger partial charge on any atom is 0.253 e. The second-order valence-electron chi connectivity index (χ2n) is 7.90. The fourth-order valence-corrected chi connectivity index (χ4v) is 4.21. The molecule has 152 valence electrons. The van der Waals surface area contributed by atoms with Crippen LogP contribution in [0.15, 0.2) is 60.7 Å². The van der Waals surface area contributed by atoms with Gasteiger partial charge in [0.2, 0.25) is 5.91 Å². The van der Waals surface area contributed by atoms with Crippen LogP contribution in [-0.2, 0) is 17.9 Å². The zero-order valence-electron chi connectivity index (χ0n) is 16.8. The van der Waals surface area contributed by atoms with Crippen molar-refractivity contribution < 1.29 is 9.59 Å². The summed E-state index contributed by atoms with van der Waals surface area (Å²) in [5, 5.41) is 4.70. The summed E-state index contributed by atoms with van der Waals surface area (Å²) in [6, 6.07) is 19.6. The standard InChI is InChI=1S/C24H24N4O2/c29-23-12-15-28-22(16-21(25-28)19-6-2-1-3-7-19)27(23)17-18-8-10-20(11-9-18)24(30)26-13-4-5-14-26/h1-3,6-11,16H,4-5,12-15,17H2. The van der Waals surface area contributed by atoms with Gasteiger partial charge < -0.3 is 4.90 Å². The number of hydrogen-bond acceptors (Lipinski definition) is 3. The molecule has 5 rings (SSSR count). The van der Waals surface area contributed by atoms with E-state index in [9.17, 15) is 9.59 Å². The van der Waals surface area contributed by atoms with Crippen molar-refractivity contribution in [3.8, 4) is 11.3 Å². The summed E-state index contributed by atoms with van der Waals surface area (Å²) in [4.78, 5) is 28.9. The van der Waals surface area contributed by atoms with Gasteiger partial charge in [0.15, 0.2) is 0 Å². The van der Waals surface area contributed by atoms with Crippen LogP contribution in [0.5, 0.6) is 0 Å². The maximum atomic E-state index is 12.7. The molecule has 2 aliphatic heterocycles. The van der Waals surface area contributed by atoms with Gasteiger partial charge in [-0.3, -0.25) is 14.5 Å². The lowest BCUT2D eigenvalue weighted by Crippen LogP contribution is -2.36. The van der Waals surface area contributed by atoms with E-state index in [0.29, 0.717) is 25.1 Å². The molecule has 1 saturated heterocycles. The normalized spacial score (nSPS) is 16.1. The smallest absolute Gasteiger partial charge is 0.253 e. The van der Waals surface area contributed by atoms with Gasteiger partial charge in [0.25, 0.3) is 5.91 Å². The molecule has 0 atom stereocenters. The van der Waals surface area contributed by atoms with Crippen LogP contribution >= 0.6 is 0 Å². The summed E-state index contributed by atoms with van der Waals surface area (Å²) in [6.07, 6.45) is 2.60. The average Bonchev–Trinajstić information content (AvgIpc) is 3.47. The molecule has 1 aromatic heterocycles. The Hall–Kier alpha value is -3.41. The highest BCUT2D eigenvalue weighted by atomic mass is 16.2. The number of aromatic nitrogens is 2. The number of fused-ring (bicyclic) bond motifs is 1. The molecular formula is C24H24N4O2. The molecule has 0 aliphatic carbocycles. The summed E-state index contributed by atoms with van der Waals surface area (Å²) in [5.41, 5.74) is 3.62. The Kier molecular flexibility index (Phi) is 4.83. The number of carbonyl (C=O) groups excluding carboxylic acids is 2. The maximum absolute atomic E-state index is 12.7. The monoisotopic (exact) mass is 400 g/mol. The van der Waals surface area contributed by atoms with Crippen LogP contribution in [-0.4, -0.2) is 39.6 Å². The number of anilines is 1. The molecule has 0 radical (unpaired) electrons. The lowest BCUT2D eigenvalue weighted by Gasteiger charge is -2.27. The molecule has 0 saturated carbocycles. The number of benzene rings is 2. The van der Waals surface area contributed by atoms with Crippen LogP contribution in [0, 0.1) is 0 Å². The van der Waals surface area contributed by atoms with E-state index in [0.717, 1.165) is 48.6 Å². The second kappa shape index (κ2) is 7.78. The fraction of sp³-hybridized carbons (Fsp3) is 0.292. The SMILES string of the molecule is O=C(c1ccc(CN2C(=O)CCn3nc(-c4ccccc4)cc32)cc1)N1CCCC1. The number of hydrogen-bond donors (Lipinski definition) is 0. The lowest BCUT2D eigenvalue weighted by atomic mass is 10.1. The first-order chi connectivity index (χ1) is 14.7. The molecule has 3 aromatic rings. The molecular weight excluding hydrogens is 376 g/mol. The molecule has 6 nitrogen and oxygen atoms in total. The third kappa shape index (κ3) is 3.49. The fourth-order valence-electron chi connectivity index (χ4n) is 4.21. The summed E-state index contributed by atoms with van der Waals surface area (Å²) in [5.74, 6) is 1.01. The first-order valence-corrected chi connectivity index (χ1v) is 10.5. The van der Waals surface area contributed by atoms with Gasteiger partial charge in [-0.25, -0.2) is 4.68 Å². The van der Waals surface area contributed by atoms with Gasteiger partial charge in [-0.2, -0.15) is 5.10 Å². The Balaban J connectivity index is 1.37. The highest BCUT2D eigenvalue weighted by Gasteiger charge is 2.27. The lowest BCUT2D eigenvalue weighted by molar-refractivity contribution is -0.119. The molecule has 3 heterocycles. The van der Waals surface area contributed by atoms with Gasteiger partial charge in [0.05, 0.1) is 18.8 Å². The second-order valence-corrected chi connectivity index (χ2v) is 7.90. The average molecular weight is 400 g/mol. The Morgan fingerprint density at radius 2 is 1.67 bits per heavy atom. The minimum absolute atomic E-state index is 0.0960. The Morgan fingerprint density at radius 3 is 2.40 bits per heavy atom. The molecule has 1 fully saturated rings. The third-order valence-electron chi connectivity index (χ3n) is 5.88. The molecule has 0 bridgehead atoms. The van der Waals surface area contributed by atoms with Crippen LogP contribution in [0.2, 0.25) is 0 Å². The van der Waals surface area contributed by atoms with Crippen molar-refractivity contribution in [1.82, 2.24) is 14.7 Å². The topological polar surface area (TPSA) is 58.4 Å². The molecule has 0 unspecified atom stereocenters. The van der Waals surface area contributed by atoms with E-state index in [4.69, 9.17) is 5.10 Å². The summed E-state index contributed by atoms with van der Waals surface area (Å²) in [7, 11) is 0. The highest BCUT2D eigenvalue weighted by molar-refractivity contribution is 5.95. The summed E-state index contributed by atoms with van der Waals surface area (Å²) >= 11 is 0. The van der Waals surface area contributed by atoms with Crippen LogP contribution in [0.1, 0.15) is 35.2 Å².